The predicted molar refractivity (Wildman–Crippen MR) is 136 cm³/mol. The van der Waals surface area contributed by atoms with E-state index in [-0.39, 0.29) is 17.5 Å². The number of thioether (sulfide) groups is 1. The van der Waals surface area contributed by atoms with E-state index in [1.54, 1.807) is 28.8 Å². The zero-order valence-corrected chi connectivity index (χ0v) is 20.6. The summed E-state index contributed by atoms with van der Waals surface area (Å²) in [5.74, 6) is 0. The van der Waals surface area contributed by atoms with Gasteiger partial charge in [-0.2, -0.15) is 0 Å². The van der Waals surface area contributed by atoms with Crippen molar-refractivity contribution in [3.05, 3.63) is 83.9 Å². The van der Waals surface area contributed by atoms with Crippen LogP contribution in [0.4, 0.5) is 21.0 Å². The van der Waals surface area contributed by atoms with Crippen LogP contribution in [-0.2, 0) is 16.4 Å². The number of anilines is 2. The summed E-state index contributed by atoms with van der Waals surface area (Å²) in [6.07, 6.45) is 2.51. The number of nitrogens with one attached hydrogen (secondary N) is 2. The molecular formula is C25H24N4O4S2. The fourth-order valence-corrected chi connectivity index (χ4v) is 6.15. The van der Waals surface area contributed by atoms with E-state index >= 15 is 0 Å². The molecule has 1 unspecified atom stereocenters. The van der Waals surface area contributed by atoms with E-state index in [1.807, 2.05) is 60.9 Å². The number of sulfonamides is 1. The summed E-state index contributed by atoms with van der Waals surface area (Å²) < 4.78 is 27.5. The standard InChI is InChI=1S/C25H24N4O4S2/c1-34-20-9-7-19(8-10-20)26-24(30)28-14-13-18-15-21(11-12-23(18)28)35(32,33)29-16-22(27-25(29)31)17-5-3-2-4-6-17/h2-12,15,22H,13-14,16H2,1H3,(H,26,30)(H,27,31). The minimum atomic E-state index is -4.04. The zero-order chi connectivity index (χ0) is 24.6. The first-order valence-electron chi connectivity index (χ1n) is 11.1. The van der Waals surface area contributed by atoms with Crippen molar-refractivity contribution in [3.8, 4) is 0 Å². The second-order valence-corrected chi connectivity index (χ2v) is 11.0. The summed E-state index contributed by atoms with van der Waals surface area (Å²) in [5.41, 5.74) is 2.94. The molecule has 0 bridgehead atoms. The number of fused-ring (bicyclic) bond motifs is 1. The lowest BCUT2D eigenvalue weighted by Crippen LogP contribution is -2.34. The van der Waals surface area contributed by atoms with Crippen LogP contribution in [0.3, 0.4) is 0 Å². The topological polar surface area (TPSA) is 98.8 Å². The van der Waals surface area contributed by atoms with Crippen LogP contribution in [0, 0.1) is 0 Å². The third-order valence-corrected chi connectivity index (χ3v) is 8.68. The Morgan fingerprint density at radius 1 is 1.06 bits per heavy atom. The Kier molecular flexibility index (Phi) is 6.16. The Morgan fingerprint density at radius 3 is 2.51 bits per heavy atom. The lowest BCUT2D eigenvalue weighted by Gasteiger charge is -2.19. The Bertz CT molecular complexity index is 1380. The maximum atomic E-state index is 13.3. The third-order valence-electron chi connectivity index (χ3n) is 6.20. The van der Waals surface area contributed by atoms with Crippen molar-refractivity contribution in [2.45, 2.75) is 22.3 Å². The van der Waals surface area contributed by atoms with Crippen LogP contribution in [-0.4, -0.2) is 44.1 Å². The number of amides is 4. The van der Waals surface area contributed by atoms with Gasteiger partial charge in [-0.3, -0.25) is 4.90 Å². The highest BCUT2D eigenvalue weighted by Crippen LogP contribution is 2.33. The van der Waals surface area contributed by atoms with Gasteiger partial charge in [0.05, 0.1) is 17.5 Å². The summed E-state index contributed by atoms with van der Waals surface area (Å²) in [6.45, 7) is 0.458. The number of benzene rings is 3. The Hall–Kier alpha value is -3.50. The minimum absolute atomic E-state index is 0.0200. The molecule has 10 heteroatoms. The first-order valence-corrected chi connectivity index (χ1v) is 13.8. The normalized spacial score (nSPS) is 17.3. The van der Waals surface area contributed by atoms with Gasteiger partial charge in [0.2, 0.25) is 0 Å². The molecule has 3 aromatic carbocycles. The molecule has 0 spiro atoms. The number of carbonyl (C=O) groups excluding carboxylic acids is 2. The Labute approximate surface area is 208 Å². The zero-order valence-electron chi connectivity index (χ0n) is 19.0. The molecule has 2 heterocycles. The van der Waals surface area contributed by atoms with Gasteiger partial charge in [-0.15, -0.1) is 11.8 Å². The molecule has 2 aliphatic heterocycles. The Morgan fingerprint density at radius 2 is 1.80 bits per heavy atom. The molecule has 0 radical (unpaired) electrons. The van der Waals surface area contributed by atoms with Gasteiger partial charge in [-0.1, -0.05) is 30.3 Å². The predicted octanol–water partition coefficient (Wildman–Crippen LogP) is 4.46. The van der Waals surface area contributed by atoms with E-state index in [0.29, 0.717) is 24.3 Å². The molecule has 0 aliphatic carbocycles. The number of nitrogens with zero attached hydrogens (tertiary/aromatic N) is 2. The smallest absolute Gasteiger partial charge is 0.328 e. The highest BCUT2D eigenvalue weighted by atomic mass is 32.2. The quantitative estimate of drug-likeness (QED) is 0.496. The molecule has 2 aliphatic rings. The molecular weight excluding hydrogens is 484 g/mol. The Balaban J connectivity index is 1.33. The van der Waals surface area contributed by atoms with Crippen molar-refractivity contribution in [2.75, 3.05) is 29.6 Å². The summed E-state index contributed by atoms with van der Waals surface area (Å²) in [5, 5.41) is 5.64. The van der Waals surface area contributed by atoms with Crippen molar-refractivity contribution in [2.24, 2.45) is 0 Å². The van der Waals surface area contributed by atoms with Gasteiger partial charge in [-0.05, 0) is 66.3 Å². The first kappa shape index (κ1) is 23.3. The van der Waals surface area contributed by atoms with Crippen molar-refractivity contribution in [1.29, 1.82) is 0 Å². The summed E-state index contributed by atoms with van der Waals surface area (Å²) in [7, 11) is -4.04. The number of urea groups is 2. The second-order valence-electron chi connectivity index (χ2n) is 8.30. The van der Waals surface area contributed by atoms with Crippen molar-refractivity contribution in [1.82, 2.24) is 9.62 Å². The fourth-order valence-electron chi connectivity index (χ4n) is 4.34. The van der Waals surface area contributed by atoms with Gasteiger partial charge >= 0.3 is 12.1 Å². The summed E-state index contributed by atoms with van der Waals surface area (Å²) in [6, 6.07) is 20.2. The second kappa shape index (κ2) is 9.27. The maximum absolute atomic E-state index is 13.3. The molecule has 0 aromatic heterocycles. The lowest BCUT2D eigenvalue weighted by atomic mass is 10.1. The highest BCUT2D eigenvalue weighted by molar-refractivity contribution is 7.98. The molecule has 2 N–H and O–H groups in total. The molecule has 3 aromatic rings. The fraction of sp³-hybridized carbons (Fsp3) is 0.200. The molecule has 4 amide bonds. The molecule has 180 valence electrons. The van der Waals surface area contributed by atoms with Crippen LogP contribution in [0.5, 0.6) is 0 Å². The number of carbonyl (C=O) groups is 2. The van der Waals surface area contributed by atoms with E-state index < -0.39 is 22.1 Å². The molecule has 5 rings (SSSR count). The average Bonchev–Trinajstić information content (AvgIpc) is 3.48. The monoisotopic (exact) mass is 508 g/mol. The van der Waals surface area contributed by atoms with E-state index in [4.69, 9.17) is 0 Å². The molecule has 1 saturated heterocycles. The van der Waals surface area contributed by atoms with Crippen LogP contribution in [0.1, 0.15) is 17.2 Å². The van der Waals surface area contributed by atoms with Crippen LogP contribution in [0.2, 0.25) is 0 Å². The highest BCUT2D eigenvalue weighted by Gasteiger charge is 2.39. The van der Waals surface area contributed by atoms with Crippen molar-refractivity contribution in [3.63, 3.8) is 0 Å². The van der Waals surface area contributed by atoms with Crippen LogP contribution in [0.25, 0.3) is 0 Å². The van der Waals surface area contributed by atoms with Crippen molar-refractivity contribution < 1.29 is 18.0 Å². The van der Waals surface area contributed by atoms with Gasteiger partial charge in [0.25, 0.3) is 10.0 Å². The molecule has 1 fully saturated rings. The summed E-state index contributed by atoms with van der Waals surface area (Å²) >= 11 is 1.62. The van der Waals surface area contributed by atoms with E-state index in [0.717, 1.165) is 20.3 Å². The van der Waals surface area contributed by atoms with Gasteiger partial charge in [0.15, 0.2) is 0 Å². The SMILES string of the molecule is CSc1ccc(NC(=O)N2CCc3cc(S(=O)(=O)N4CC(c5ccccc5)NC4=O)ccc32)cc1. The van der Waals surface area contributed by atoms with Gasteiger partial charge in [0.1, 0.15) is 0 Å². The van der Waals surface area contributed by atoms with Gasteiger partial charge in [-0.25, -0.2) is 22.3 Å². The lowest BCUT2D eigenvalue weighted by molar-refractivity contribution is 0.235. The van der Waals surface area contributed by atoms with Crippen LogP contribution in [0.15, 0.2) is 82.6 Å². The molecule has 35 heavy (non-hydrogen) atoms. The number of rotatable bonds is 5. The maximum Gasteiger partial charge on any atom is 0.331 e. The first-order chi connectivity index (χ1) is 16.9. The number of hydrogen-bond acceptors (Lipinski definition) is 5. The average molecular weight is 509 g/mol. The van der Waals surface area contributed by atoms with Crippen LogP contribution < -0.4 is 15.5 Å². The minimum Gasteiger partial charge on any atom is -0.328 e. The van der Waals surface area contributed by atoms with E-state index in [2.05, 4.69) is 10.6 Å². The van der Waals surface area contributed by atoms with Gasteiger partial charge in [0, 0.05) is 22.8 Å². The largest absolute Gasteiger partial charge is 0.331 e. The molecule has 8 nitrogen and oxygen atoms in total. The number of hydrogen-bond donors (Lipinski definition) is 2. The van der Waals surface area contributed by atoms with Gasteiger partial charge < -0.3 is 10.6 Å². The van der Waals surface area contributed by atoms with E-state index in [9.17, 15) is 18.0 Å². The van der Waals surface area contributed by atoms with Crippen molar-refractivity contribution >= 4 is 45.2 Å². The molecule has 1 atom stereocenters. The van der Waals surface area contributed by atoms with Crippen LogP contribution >= 0.6 is 11.8 Å². The third kappa shape index (κ3) is 4.46. The van der Waals surface area contributed by atoms with E-state index in [1.165, 1.54) is 6.07 Å². The summed E-state index contributed by atoms with van der Waals surface area (Å²) in [4.78, 5) is 28.1. The molecule has 0 saturated carbocycles.